The summed E-state index contributed by atoms with van der Waals surface area (Å²) >= 11 is 0. The summed E-state index contributed by atoms with van der Waals surface area (Å²) in [5.74, 6) is -3.03. The topological polar surface area (TPSA) is 168 Å². The van der Waals surface area contributed by atoms with Crippen molar-refractivity contribution in [3.05, 3.63) is 60.7 Å². The van der Waals surface area contributed by atoms with Crippen molar-refractivity contribution >= 4 is 50.0 Å². The predicted molar refractivity (Wildman–Crippen MR) is 204 cm³/mol. The van der Waals surface area contributed by atoms with Gasteiger partial charge in [-0.05, 0) is 55.0 Å². The fourth-order valence-corrected chi connectivity index (χ4v) is 8.98. The molecule has 3 N–H and O–H groups in total. The molecule has 5 atom stereocenters. The lowest BCUT2D eigenvalue weighted by Gasteiger charge is -2.34. The molecule has 1 saturated heterocycles. The first-order chi connectivity index (χ1) is 26.5. The summed E-state index contributed by atoms with van der Waals surface area (Å²) < 4.78 is 74.3. The third-order valence-electron chi connectivity index (χ3n) is 11.0. The number of nitrogens with zero attached hydrogens (tertiary/aromatic N) is 3. The molecule has 1 aromatic heterocycles. The molecule has 300 valence electrons. The lowest BCUT2D eigenvalue weighted by Crippen LogP contribution is -2.59. The van der Waals surface area contributed by atoms with E-state index in [1.165, 1.54) is 6.07 Å². The number of nitrogens with one attached hydrogen (secondary N) is 3. The van der Waals surface area contributed by atoms with Crippen LogP contribution >= 0.6 is 0 Å². The largest absolute Gasteiger partial charge is 0.497 e. The van der Waals surface area contributed by atoms with Crippen LogP contribution in [0.25, 0.3) is 10.8 Å². The zero-order chi connectivity index (χ0) is 40.3. The van der Waals surface area contributed by atoms with E-state index in [4.69, 9.17) is 19.2 Å². The first kappa shape index (κ1) is 39.2. The number of halogens is 2. The number of ether oxygens (including phenoxy) is 3. The molecule has 2 saturated carbocycles. The fraction of sp³-hybridized carbons (Fsp3) is 0.487. The summed E-state index contributed by atoms with van der Waals surface area (Å²) in [5.41, 5.74) is -2.18. The predicted octanol–water partition coefficient (Wildman–Crippen LogP) is 3.89. The van der Waals surface area contributed by atoms with Crippen LogP contribution in [0.4, 0.5) is 20.3 Å². The number of imide groups is 1. The van der Waals surface area contributed by atoms with E-state index < -0.39 is 79.7 Å². The van der Waals surface area contributed by atoms with Crippen LogP contribution in [0.15, 0.2) is 49.1 Å². The number of hydrogen-bond acceptors (Lipinski definition) is 12. The maximum Gasteiger partial charge on any atom is 0.254 e. The molecule has 3 fully saturated rings. The van der Waals surface area contributed by atoms with Crippen molar-refractivity contribution in [2.24, 2.45) is 11.3 Å². The standard InChI is InChI=1S/C39H46F2N6O8S/c1-7-21-19-39(21,37(50)45-56(51,52)25-10-11-25)47-20-24(55-36-26-12-9-23(53-6)17-27(26)31-33(43-36)46(5)14-15-54-31)18-30(47)34(48)44-35(49)32(38(2,3)4)42-22-8-13-28(40)29(41)16-22/h7-9,12-13,16-17,21,24-25,30,32,42H,1,10-11,14-15,18-20H2,2-6H3,(H,45,50)(H,44,48,49)/t21-,24-,30+,32-,39-/m1/s1. The first-order valence-electron chi connectivity index (χ1n) is 18.5. The zero-order valence-corrected chi connectivity index (χ0v) is 32.7. The molecule has 0 spiro atoms. The van der Waals surface area contributed by atoms with Crippen molar-refractivity contribution in [1.82, 2.24) is 19.9 Å². The quantitative estimate of drug-likeness (QED) is 0.227. The average Bonchev–Trinajstić information content (AvgIpc) is 4.08. The molecule has 3 amide bonds. The third-order valence-corrected chi connectivity index (χ3v) is 12.8. The Morgan fingerprint density at radius 3 is 2.50 bits per heavy atom. The van der Waals surface area contributed by atoms with E-state index >= 15 is 0 Å². The average molecular weight is 797 g/mol. The van der Waals surface area contributed by atoms with E-state index in [0.29, 0.717) is 54.1 Å². The molecule has 0 radical (unpaired) electrons. The van der Waals surface area contributed by atoms with Crippen LogP contribution in [0.1, 0.15) is 46.5 Å². The Hall–Kier alpha value is -5.03. The number of anilines is 2. The van der Waals surface area contributed by atoms with Gasteiger partial charge in [0.15, 0.2) is 23.2 Å². The van der Waals surface area contributed by atoms with Crippen molar-refractivity contribution in [2.75, 3.05) is 44.1 Å². The minimum atomic E-state index is -3.96. The lowest BCUT2D eigenvalue weighted by atomic mass is 9.85. The summed E-state index contributed by atoms with van der Waals surface area (Å²) in [6.45, 7) is 10.1. The number of carbonyl (C=O) groups is 3. The summed E-state index contributed by atoms with van der Waals surface area (Å²) in [6, 6.07) is 6.27. The second-order valence-corrected chi connectivity index (χ2v) is 17.9. The number of aromatic nitrogens is 1. The number of likely N-dealkylation sites (N-methyl/N-ethyl adjacent to an activating group) is 1. The van der Waals surface area contributed by atoms with Crippen LogP contribution < -0.4 is 34.5 Å². The molecule has 14 nitrogen and oxygen atoms in total. The Morgan fingerprint density at radius 2 is 1.86 bits per heavy atom. The molecular formula is C39H46F2N6O8S. The van der Waals surface area contributed by atoms with Gasteiger partial charge in [-0.15, -0.1) is 6.58 Å². The van der Waals surface area contributed by atoms with Gasteiger partial charge in [-0.3, -0.25) is 29.3 Å². The van der Waals surface area contributed by atoms with Crippen LogP contribution in [0.2, 0.25) is 0 Å². The van der Waals surface area contributed by atoms with Crippen molar-refractivity contribution < 1.29 is 45.8 Å². The SMILES string of the molecule is C=C[C@@H]1C[C@@]1(C(=O)NS(=O)(=O)C1CC1)N1C[C@H](Oc2nc3c(c4cc(OC)ccc24)OCCN3C)C[C@H]1C(=O)NC(=O)[C@@H](Nc1ccc(F)c(F)c1)C(C)(C)C. The number of hydrogen-bond donors (Lipinski definition) is 3. The number of fused-ring (bicyclic) bond motifs is 3. The van der Waals surface area contributed by atoms with Crippen molar-refractivity contribution in [1.29, 1.82) is 0 Å². The highest BCUT2D eigenvalue weighted by Crippen LogP contribution is 2.53. The highest BCUT2D eigenvalue weighted by molar-refractivity contribution is 7.91. The molecule has 56 heavy (non-hydrogen) atoms. The molecule has 2 aromatic carbocycles. The number of methoxy groups -OCH3 is 1. The van der Waals surface area contributed by atoms with E-state index in [2.05, 4.69) is 21.9 Å². The van der Waals surface area contributed by atoms with Gasteiger partial charge in [0.25, 0.3) is 5.91 Å². The molecule has 3 aromatic rings. The molecular weight excluding hydrogens is 751 g/mol. The monoisotopic (exact) mass is 796 g/mol. The lowest BCUT2D eigenvalue weighted by molar-refractivity contribution is -0.136. The Balaban J connectivity index is 1.22. The zero-order valence-electron chi connectivity index (χ0n) is 31.9. The molecule has 4 aliphatic rings. The molecule has 0 bridgehead atoms. The van der Waals surface area contributed by atoms with E-state index in [-0.39, 0.29) is 31.0 Å². The molecule has 0 unspecified atom stereocenters. The Bertz CT molecular complexity index is 2210. The highest BCUT2D eigenvalue weighted by Gasteiger charge is 2.67. The summed E-state index contributed by atoms with van der Waals surface area (Å²) in [7, 11) is -0.521. The maximum absolute atomic E-state index is 14.4. The van der Waals surface area contributed by atoms with Gasteiger partial charge in [0.1, 0.15) is 30.0 Å². The van der Waals surface area contributed by atoms with Gasteiger partial charge in [-0.2, -0.15) is 4.98 Å². The van der Waals surface area contributed by atoms with Crippen LogP contribution in [-0.2, 0) is 24.4 Å². The fourth-order valence-electron chi connectivity index (χ4n) is 7.62. The number of carbonyl (C=O) groups excluding carboxylic acids is 3. The number of rotatable bonds is 12. The number of benzene rings is 2. The minimum Gasteiger partial charge on any atom is -0.497 e. The maximum atomic E-state index is 14.4. The Morgan fingerprint density at radius 1 is 1.11 bits per heavy atom. The Kier molecular flexibility index (Phi) is 10.1. The van der Waals surface area contributed by atoms with Gasteiger partial charge in [-0.25, -0.2) is 17.2 Å². The van der Waals surface area contributed by atoms with Crippen LogP contribution in [-0.4, -0.2) is 98.9 Å². The third kappa shape index (κ3) is 7.33. The van der Waals surface area contributed by atoms with Gasteiger partial charge < -0.3 is 24.4 Å². The normalized spacial score (nSPS) is 24.1. The summed E-state index contributed by atoms with van der Waals surface area (Å²) in [5, 5.41) is 6.06. The van der Waals surface area contributed by atoms with E-state index in [9.17, 15) is 31.6 Å². The van der Waals surface area contributed by atoms with Gasteiger partial charge in [0, 0.05) is 48.5 Å². The van der Waals surface area contributed by atoms with E-state index in [1.807, 2.05) is 18.0 Å². The first-order valence-corrected chi connectivity index (χ1v) is 20.1. The molecule has 7 rings (SSSR count). The van der Waals surface area contributed by atoms with Crippen molar-refractivity contribution in [2.45, 2.75) is 75.4 Å². The second kappa shape index (κ2) is 14.5. The van der Waals surface area contributed by atoms with Crippen molar-refractivity contribution in [3.63, 3.8) is 0 Å². The second-order valence-electron chi connectivity index (χ2n) is 16.0. The number of pyridine rings is 1. The Labute approximate surface area is 324 Å². The van der Waals surface area contributed by atoms with Gasteiger partial charge >= 0.3 is 0 Å². The van der Waals surface area contributed by atoms with Crippen molar-refractivity contribution in [3.8, 4) is 17.4 Å². The highest BCUT2D eigenvalue weighted by atomic mass is 32.2. The van der Waals surface area contributed by atoms with Crippen LogP contribution in [0.3, 0.4) is 0 Å². The van der Waals surface area contributed by atoms with Crippen LogP contribution in [0.5, 0.6) is 17.4 Å². The summed E-state index contributed by atoms with van der Waals surface area (Å²) in [6.07, 6.45) is 1.84. The molecule has 17 heteroatoms. The van der Waals surface area contributed by atoms with Crippen LogP contribution in [0, 0.1) is 23.0 Å². The van der Waals surface area contributed by atoms with Gasteiger partial charge in [0.05, 0.1) is 24.9 Å². The van der Waals surface area contributed by atoms with E-state index in [0.717, 1.165) is 12.1 Å². The number of likely N-dealkylation sites (tertiary alicyclic amines) is 1. The minimum absolute atomic E-state index is 0.00702. The number of amides is 3. The molecule has 3 heterocycles. The van der Waals surface area contributed by atoms with E-state index in [1.54, 1.807) is 51.0 Å². The smallest absolute Gasteiger partial charge is 0.254 e. The molecule has 2 aliphatic heterocycles. The van der Waals surface area contributed by atoms with Gasteiger partial charge in [0.2, 0.25) is 27.7 Å². The summed E-state index contributed by atoms with van der Waals surface area (Å²) in [4.78, 5) is 50.8. The number of sulfonamides is 1. The van der Waals surface area contributed by atoms with Gasteiger partial charge in [-0.1, -0.05) is 26.8 Å². The molecule has 2 aliphatic carbocycles.